The van der Waals surface area contributed by atoms with Gasteiger partial charge < -0.3 is 10.2 Å². The molecule has 1 atom stereocenters. The molecular weight excluding hydrogens is 581 g/mol. The number of carbonyl (C=O) groups is 2. The monoisotopic (exact) mass is 617 g/mol. The molecule has 0 aromatic heterocycles. The van der Waals surface area contributed by atoms with Crippen LogP contribution in [0.4, 0.5) is 5.69 Å². The van der Waals surface area contributed by atoms with Crippen molar-refractivity contribution >= 4 is 50.7 Å². The number of halogens is 2. The normalized spacial score (nSPS) is 12.1. The van der Waals surface area contributed by atoms with E-state index in [9.17, 15) is 18.0 Å². The summed E-state index contributed by atoms with van der Waals surface area (Å²) >= 11 is 12.6. The van der Waals surface area contributed by atoms with E-state index in [-0.39, 0.29) is 17.3 Å². The minimum absolute atomic E-state index is 0.00183. The summed E-state index contributed by atoms with van der Waals surface area (Å²) in [7, 11) is -4.14. The Morgan fingerprint density at radius 2 is 1.51 bits per heavy atom. The molecule has 0 radical (unpaired) electrons. The number of nitrogens with zero attached hydrogens (tertiary/aromatic N) is 2. The molecule has 0 saturated carbocycles. The van der Waals surface area contributed by atoms with Crippen LogP contribution in [-0.2, 0) is 26.2 Å². The third-order valence-corrected chi connectivity index (χ3v) is 9.05. The summed E-state index contributed by atoms with van der Waals surface area (Å²) in [5.41, 5.74) is 3.57. The Morgan fingerprint density at radius 1 is 0.878 bits per heavy atom. The molecule has 3 rings (SSSR count). The number of hydrogen-bond donors (Lipinski definition) is 1. The summed E-state index contributed by atoms with van der Waals surface area (Å²) in [6.45, 7) is 9.30. The van der Waals surface area contributed by atoms with E-state index in [1.165, 1.54) is 17.0 Å². The molecule has 2 amide bonds. The largest absolute Gasteiger partial charge is 0.354 e. The number of amides is 2. The van der Waals surface area contributed by atoms with E-state index in [1.807, 2.05) is 40.7 Å². The van der Waals surface area contributed by atoms with Gasteiger partial charge in [-0.1, -0.05) is 66.9 Å². The summed E-state index contributed by atoms with van der Waals surface area (Å²) in [5.74, 6) is -0.850. The lowest BCUT2D eigenvalue weighted by atomic mass is 10.1. The van der Waals surface area contributed by atoms with Crippen molar-refractivity contribution in [2.75, 3.05) is 17.4 Å². The highest BCUT2D eigenvalue weighted by Crippen LogP contribution is 2.28. The summed E-state index contributed by atoms with van der Waals surface area (Å²) in [6, 6.07) is 16.0. The maximum absolute atomic E-state index is 14.2. The van der Waals surface area contributed by atoms with Crippen molar-refractivity contribution in [3.05, 3.63) is 93.0 Å². The van der Waals surface area contributed by atoms with Gasteiger partial charge in [0.2, 0.25) is 11.8 Å². The second-order valence-corrected chi connectivity index (χ2v) is 12.8. The van der Waals surface area contributed by atoms with E-state index >= 15 is 0 Å². The molecule has 0 saturated heterocycles. The standard InChI is InChI=1S/C31H37Cl2N3O4S/c1-6-14-34-31(38)29(7-2)35(19-24-10-11-25(32)18-28(24)33)30(37)20-36(26-16-22(4)15-23(5)17-26)41(39,40)27-12-8-21(3)9-13-27/h8-13,15-18,29H,6-7,14,19-20H2,1-5H3,(H,34,38). The van der Waals surface area contributed by atoms with Crippen molar-refractivity contribution in [2.24, 2.45) is 0 Å². The van der Waals surface area contributed by atoms with E-state index in [1.54, 1.807) is 42.5 Å². The van der Waals surface area contributed by atoms with Gasteiger partial charge in [0.25, 0.3) is 10.0 Å². The van der Waals surface area contributed by atoms with Crippen molar-refractivity contribution in [1.29, 1.82) is 0 Å². The number of rotatable bonds is 12. The number of hydrogen-bond acceptors (Lipinski definition) is 4. The molecule has 0 fully saturated rings. The molecule has 10 heteroatoms. The van der Waals surface area contributed by atoms with E-state index in [2.05, 4.69) is 5.32 Å². The number of anilines is 1. The van der Waals surface area contributed by atoms with E-state index in [0.29, 0.717) is 34.3 Å². The van der Waals surface area contributed by atoms with Crippen molar-refractivity contribution in [3.63, 3.8) is 0 Å². The van der Waals surface area contributed by atoms with Gasteiger partial charge in [0.1, 0.15) is 12.6 Å². The van der Waals surface area contributed by atoms with Crippen LogP contribution in [0.3, 0.4) is 0 Å². The van der Waals surface area contributed by atoms with Crippen LogP contribution in [0.1, 0.15) is 48.9 Å². The zero-order valence-electron chi connectivity index (χ0n) is 24.1. The fourth-order valence-corrected chi connectivity index (χ4v) is 6.45. The number of sulfonamides is 1. The molecule has 3 aromatic rings. The van der Waals surface area contributed by atoms with Gasteiger partial charge in [-0.15, -0.1) is 0 Å². The lowest BCUT2D eigenvalue weighted by Gasteiger charge is -2.33. The van der Waals surface area contributed by atoms with Gasteiger partial charge in [-0.25, -0.2) is 8.42 Å². The van der Waals surface area contributed by atoms with Gasteiger partial charge in [-0.05, 0) is 86.7 Å². The van der Waals surface area contributed by atoms with Crippen molar-refractivity contribution in [3.8, 4) is 0 Å². The van der Waals surface area contributed by atoms with Crippen LogP contribution in [0.25, 0.3) is 0 Å². The van der Waals surface area contributed by atoms with Gasteiger partial charge in [0.05, 0.1) is 10.6 Å². The van der Waals surface area contributed by atoms with Gasteiger partial charge in [0.15, 0.2) is 0 Å². The SMILES string of the molecule is CCCNC(=O)C(CC)N(Cc1ccc(Cl)cc1Cl)C(=O)CN(c1cc(C)cc(C)c1)S(=O)(=O)c1ccc(C)cc1. The van der Waals surface area contributed by atoms with Gasteiger partial charge in [-0.3, -0.25) is 13.9 Å². The van der Waals surface area contributed by atoms with Gasteiger partial charge in [0, 0.05) is 23.1 Å². The number of aryl methyl sites for hydroxylation is 3. The molecule has 1 unspecified atom stereocenters. The van der Waals surface area contributed by atoms with Crippen LogP contribution in [0.5, 0.6) is 0 Å². The lowest BCUT2D eigenvalue weighted by molar-refractivity contribution is -0.140. The van der Waals surface area contributed by atoms with Crippen LogP contribution >= 0.6 is 23.2 Å². The predicted molar refractivity (Wildman–Crippen MR) is 166 cm³/mol. The van der Waals surface area contributed by atoms with Crippen LogP contribution in [0.2, 0.25) is 10.0 Å². The number of nitrogens with one attached hydrogen (secondary N) is 1. The fourth-order valence-electron chi connectivity index (χ4n) is 4.58. The Morgan fingerprint density at radius 3 is 2.07 bits per heavy atom. The van der Waals surface area contributed by atoms with E-state index in [0.717, 1.165) is 27.4 Å². The first-order valence-corrected chi connectivity index (χ1v) is 15.8. The highest BCUT2D eigenvalue weighted by atomic mass is 35.5. The highest BCUT2D eigenvalue weighted by Gasteiger charge is 2.34. The first-order chi connectivity index (χ1) is 19.4. The summed E-state index contributed by atoms with van der Waals surface area (Å²) in [4.78, 5) is 28.8. The lowest BCUT2D eigenvalue weighted by Crippen LogP contribution is -2.52. The maximum Gasteiger partial charge on any atom is 0.264 e. The Hall–Kier alpha value is -3.07. The second kappa shape index (κ2) is 14.2. The molecular formula is C31H37Cl2N3O4S. The van der Waals surface area contributed by atoms with E-state index in [4.69, 9.17) is 23.2 Å². The van der Waals surface area contributed by atoms with Crippen molar-refractivity contribution < 1.29 is 18.0 Å². The Bertz CT molecular complexity index is 1470. The summed E-state index contributed by atoms with van der Waals surface area (Å²) in [5, 5.41) is 3.66. The zero-order valence-corrected chi connectivity index (χ0v) is 26.4. The number of benzene rings is 3. The van der Waals surface area contributed by atoms with Crippen molar-refractivity contribution in [2.45, 2.75) is 64.9 Å². The van der Waals surface area contributed by atoms with E-state index < -0.39 is 28.5 Å². The molecule has 0 bridgehead atoms. The Kier molecular flexibility index (Phi) is 11.2. The highest BCUT2D eigenvalue weighted by molar-refractivity contribution is 7.92. The van der Waals surface area contributed by atoms with Crippen molar-refractivity contribution in [1.82, 2.24) is 10.2 Å². The molecule has 1 N–H and O–H groups in total. The summed E-state index contributed by atoms with van der Waals surface area (Å²) < 4.78 is 29.2. The third kappa shape index (κ3) is 8.24. The minimum atomic E-state index is -4.14. The predicted octanol–water partition coefficient (Wildman–Crippen LogP) is 6.45. The molecule has 220 valence electrons. The molecule has 0 aliphatic heterocycles. The molecule has 0 heterocycles. The van der Waals surface area contributed by atoms with Crippen LogP contribution < -0.4 is 9.62 Å². The Balaban J connectivity index is 2.11. The molecule has 0 spiro atoms. The van der Waals surface area contributed by atoms with Crippen LogP contribution in [0, 0.1) is 20.8 Å². The second-order valence-electron chi connectivity index (χ2n) is 10.1. The minimum Gasteiger partial charge on any atom is -0.354 e. The molecule has 3 aromatic carbocycles. The molecule has 41 heavy (non-hydrogen) atoms. The fraction of sp³-hybridized carbons (Fsp3) is 0.355. The average molecular weight is 619 g/mol. The van der Waals surface area contributed by atoms with Crippen LogP contribution in [0.15, 0.2) is 65.6 Å². The molecule has 0 aliphatic carbocycles. The van der Waals surface area contributed by atoms with Gasteiger partial charge in [-0.2, -0.15) is 0 Å². The smallest absolute Gasteiger partial charge is 0.264 e. The summed E-state index contributed by atoms with van der Waals surface area (Å²) in [6.07, 6.45) is 1.05. The topological polar surface area (TPSA) is 86.8 Å². The Labute approximate surface area is 253 Å². The maximum atomic E-state index is 14.2. The zero-order chi connectivity index (χ0) is 30.3. The molecule has 7 nitrogen and oxygen atoms in total. The first kappa shape index (κ1) is 32.4. The quantitative estimate of drug-likeness (QED) is 0.253. The van der Waals surface area contributed by atoms with Gasteiger partial charge >= 0.3 is 0 Å². The molecule has 0 aliphatic rings. The van der Waals surface area contributed by atoms with Crippen LogP contribution in [-0.4, -0.2) is 44.3 Å². The average Bonchev–Trinajstić information content (AvgIpc) is 2.91. The first-order valence-electron chi connectivity index (χ1n) is 13.6. The third-order valence-electron chi connectivity index (χ3n) is 6.67. The number of carbonyl (C=O) groups excluding carboxylic acids is 2.